The molecule has 21 heavy (non-hydrogen) atoms. The quantitative estimate of drug-likeness (QED) is 0.808. The summed E-state index contributed by atoms with van der Waals surface area (Å²) in [5.74, 6) is -0.389. The molecule has 4 heteroatoms. The van der Waals surface area contributed by atoms with E-state index in [1.807, 2.05) is 4.90 Å². The summed E-state index contributed by atoms with van der Waals surface area (Å²) in [5, 5.41) is 2.09. The van der Waals surface area contributed by atoms with Crippen molar-refractivity contribution in [3.63, 3.8) is 0 Å². The monoisotopic (exact) mass is 303 g/mol. The fraction of sp³-hybridized carbons (Fsp3) is 0.353. The van der Waals surface area contributed by atoms with E-state index in [4.69, 9.17) is 0 Å². The number of carbonyl (C=O) groups is 1. The number of hydrogen-bond acceptors (Lipinski definition) is 2. The predicted octanol–water partition coefficient (Wildman–Crippen LogP) is 4.35. The summed E-state index contributed by atoms with van der Waals surface area (Å²) in [6.45, 7) is 4.50. The zero-order valence-electron chi connectivity index (χ0n) is 12.2. The van der Waals surface area contributed by atoms with Crippen LogP contribution >= 0.6 is 11.3 Å². The second kappa shape index (κ2) is 5.60. The Morgan fingerprint density at radius 3 is 2.95 bits per heavy atom. The van der Waals surface area contributed by atoms with Crippen LogP contribution < -0.4 is 0 Å². The van der Waals surface area contributed by atoms with Crippen LogP contribution in [0.1, 0.15) is 45.7 Å². The molecule has 0 unspecified atom stereocenters. The normalized spacial score (nSPS) is 17.7. The molecule has 3 rings (SSSR count). The van der Waals surface area contributed by atoms with Gasteiger partial charge in [-0.05, 0) is 54.5 Å². The number of halogens is 1. The van der Waals surface area contributed by atoms with Crippen molar-refractivity contribution in [1.29, 1.82) is 0 Å². The Morgan fingerprint density at radius 1 is 1.43 bits per heavy atom. The van der Waals surface area contributed by atoms with Crippen LogP contribution in [-0.4, -0.2) is 17.4 Å². The summed E-state index contributed by atoms with van der Waals surface area (Å²) in [6.07, 6.45) is 1.77. The Morgan fingerprint density at radius 2 is 2.24 bits per heavy atom. The SMILES string of the molecule is CC[C@H]1c2ccsc2CCN1C(=O)c1ccc(C)c(F)c1. The third-order valence-corrected chi connectivity index (χ3v) is 5.16. The van der Waals surface area contributed by atoms with Gasteiger partial charge in [0.15, 0.2) is 0 Å². The van der Waals surface area contributed by atoms with Gasteiger partial charge in [0.05, 0.1) is 6.04 Å². The summed E-state index contributed by atoms with van der Waals surface area (Å²) < 4.78 is 13.7. The summed E-state index contributed by atoms with van der Waals surface area (Å²) in [4.78, 5) is 16.0. The van der Waals surface area contributed by atoms with E-state index in [9.17, 15) is 9.18 Å². The highest BCUT2D eigenvalue weighted by atomic mass is 32.1. The molecule has 2 heterocycles. The molecule has 1 atom stereocenters. The molecule has 1 amide bonds. The van der Waals surface area contributed by atoms with Gasteiger partial charge in [-0.25, -0.2) is 4.39 Å². The van der Waals surface area contributed by atoms with Gasteiger partial charge in [0.2, 0.25) is 0 Å². The molecule has 0 N–H and O–H groups in total. The second-order valence-corrected chi connectivity index (χ2v) is 6.44. The van der Waals surface area contributed by atoms with E-state index in [0.717, 1.165) is 12.8 Å². The van der Waals surface area contributed by atoms with Gasteiger partial charge in [-0.15, -0.1) is 11.3 Å². The Hall–Kier alpha value is -1.68. The molecular formula is C17H18FNOS. The van der Waals surface area contributed by atoms with Crippen LogP contribution in [0.3, 0.4) is 0 Å². The van der Waals surface area contributed by atoms with E-state index >= 15 is 0 Å². The van der Waals surface area contributed by atoms with Crippen LogP contribution in [-0.2, 0) is 6.42 Å². The van der Waals surface area contributed by atoms with Crippen molar-refractivity contribution < 1.29 is 9.18 Å². The molecule has 2 nitrogen and oxygen atoms in total. The highest BCUT2D eigenvalue weighted by molar-refractivity contribution is 7.10. The molecule has 0 aliphatic carbocycles. The van der Waals surface area contributed by atoms with E-state index in [-0.39, 0.29) is 17.8 Å². The smallest absolute Gasteiger partial charge is 0.254 e. The summed E-state index contributed by atoms with van der Waals surface area (Å²) in [6, 6.07) is 6.97. The maximum atomic E-state index is 13.7. The van der Waals surface area contributed by atoms with E-state index in [1.54, 1.807) is 30.4 Å². The third-order valence-electron chi connectivity index (χ3n) is 4.16. The lowest BCUT2D eigenvalue weighted by Crippen LogP contribution is -2.39. The number of carbonyl (C=O) groups excluding carboxylic acids is 1. The Bertz CT molecular complexity index is 679. The number of amides is 1. The van der Waals surface area contributed by atoms with Gasteiger partial charge >= 0.3 is 0 Å². The van der Waals surface area contributed by atoms with Gasteiger partial charge in [0.25, 0.3) is 5.91 Å². The van der Waals surface area contributed by atoms with Gasteiger partial charge in [0, 0.05) is 17.0 Å². The summed E-state index contributed by atoms with van der Waals surface area (Å²) >= 11 is 1.76. The van der Waals surface area contributed by atoms with Gasteiger partial charge in [-0.1, -0.05) is 13.0 Å². The molecule has 0 saturated carbocycles. The van der Waals surface area contributed by atoms with Crippen LogP contribution in [0.5, 0.6) is 0 Å². The number of rotatable bonds is 2. The van der Waals surface area contributed by atoms with E-state index in [2.05, 4.69) is 18.4 Å². The topological polar surface area (TPSA) is 20.3 Å². The second-order valence-electron chi connectivity index (χ2n) is 5.44. The largest absolute Gasteiger partial charge is 0.331 e. The Kier molecular flexibility index (Phi) is 3.81. The summed E-state index contributed by atoms with van der Waals surface area (Å²) in [7, 11) is 0. The lowest BCUT2D eigenvalue weighted by atomic mass is 9.96. The fourth-order valence-electron chi connectivity index (χ4n) is 2.97. The molecule has 1 aromatic heterocycles. The number of fused-ring (bicyclic) bond motifs is 1. The van der Waals surface area contributed by atoms with Crippen molar-refractivity contribution in [3.8, 4) is 0 Å². The average Bonchev–Trinajstić information content (AvgIpc) is 2.96. The van der Waals surface area contributed by atoms with Crippen molar-refractivity contribution >= 4 is 17.2 Å². The van der Waals surface area contributed by atoms with E-state index in [1.165, 1.54) is 16.5 Å². The standard InChI is InChI=1S/C17H18FNOS/c1-3-15-13-7-9-21-16(13)6-8-19(15)17(20)12-5-4-11(2)14(18)10-12/h4-5,7,9-10,15H,3,6,8H2,1-2H3/t15-/m0/s1. The first kappa shape index (κ1) is 14.3. The van der Waals surface area contributed by atoms with E-state index < -0.39 is 0 Å². The molecule has 1 aromatic carbocycles. The Balaban J connectivity index is 1.92. The predicted molar refractivity (Wildman–Crippen MR) is 83.2 cm³/mol. The number of benzene rings is 1. The van der Waals surface area contributed by atoms with Crippen LogP contribution in [0.2, 0.25) is 0 Å². The fourth-order valence-corrected chi connectivity index (χ4v) is 3.90. The zero-order valence-corrected chi connectivity index (χ0v) is 13.0. The third kappa shape index (κ3) is 2.48. The van der Waals surface area contributed by atoms with Crippen LogP contribution in [0.25, 0.3) is 0 Å². The van der Waals surface area contributed by atoms with Crippen molar-refractivity contribution in [2.45, 2.75) is 32.7 Å². The molecule has 1 aliphatic heterocycles. The van der Waals surface area contributed by atoms with Gasteiger partial charge in [0.1, 0.15) is 5.82 Å². The van der Waals surface area contributed by atoms with E-state index in [0.29, 0.717) is 17.7 Å². The average molecular weight is 303 g/mol. The molecule has 2 aromatic rings. The minimum Gasteiger partial charge on any atom is -0.331 e. The number of nitrogens with zero attached hydrogens (tertiary/aromatic N) is 1. The maximum Gasteiger partial charge on any atom is 0.254 e. The molecule has 0 saturated heterocycles. The Labute approximate surface area is 128 Å². The van der Waals surface area contributed by atoms with Gasteiger partial charge in [-0.3, -0.25) is 4.79 Å². The van der Waals surface area contributed by atoms with Crippen molar-refractivity contribution in [2.24, 2.45) is 0 Å². The molecule has 0 radical (unpaired) electrons. The van der Waals surface area contributed by atoms with Crippen LogP contribution in [0, 0.1) is 12.7 Å². The van der Waals surface area contributed by atoms with Crippen molar-refractivity contribution in [1.82, 2.24) is 4.90 Å². The van der Waals surface area contributed by atoms with Crippen LogP contribution in [0.4, 0.5) is 4.39 Å². The highest BCUT2D eigenvalue weighted by Crippen LogP contribution is 2.36. The van der Waals surface area contributed by atoms with Crippen LogP contribution in [0.15, 0.2) is 29.6 Å². The van der Waals surface area contributed by atoms with Gasteiger partial charge in [-0.2, -0.15) is 0 Å². The molecule has 0 fully saturated rings. The van der Waals surface area contributed by atoms with Crippen molar-refractivity contribution in [2.75, 3.05) is 6.54 Å². The molecule has 110 valence electrons. The summed E-state index contributed by atoms with van der Waals surface area (Å²) in [5.41, 5.74) is 2.27. The molecule has 0 bridgehead atoms. The first-order valence-electron chi connectivity index (χ1n) is 7.25. The van der Waals surface area contributed by atoms with Gasteiger partial charge < -0.3 is 4.90 Å². The lowest BCUT2D eigenvalue weighted by molar-refractivity contribution is 0.0657. The van der Waals surface area contributed by atoms with Crippen molar-refractivity contribution in [3.05, 3.63) is 57.0 Å². The number of thiophene rings is 1. The minimum atomic E-state index is -0.317. The molecule has 0 spiro atoms. The number of hydrogen-bond donors (Lipinski definition) is 0. The lowest BCUT2D eigenvalue weighted by Gasteiger charge is -2.35. The first-order chi connectivity index (χ1) is 10.1. The molecule has 1 aliphatic rings. The zero-order chi connectivity index (χ0) is 15.0. The highest BCUT2D eigenvalue weighted by Gasteiger charge is 2.30. The first-order valence-corrected chi connectivity index (χ1v) is 8.13. The maximum absolute atomic E-state index is 13.7. The minimum absolute atomic E-state index is 0.0717. The molecular weight excluding hydrogens is 285 g/mol. The number of aryl methyl sites for hydroxylation is 1.